The summed E-state index contributed by atoms with van der Waals surface area (Å²) in [4.78, 5) is 22.9. The molecule has 2 rings (SSSR count). The zero-order chi connectivity index (χ0) is 13.0. The number of nitrogens with one attached hydrogen (secondary N) is 2. The van der Waals surface area contributed by atoms with E-state index in [1.807, 2.05) is 31.2 Å². The zero-order valence-electron chi connectivity index (χ0n) is 10.5. The third-order valence-electron chi connectivity index (χ3n) is 2.84. The molecule has 0 bridgehead atoms. The van der Waals surface area contributed by atoms with E-state index in [2.05, 4.69) is 10.6 Å². The SMILES string of the molecule is Cc1cccc(CNC(=O)CC(=O)NC2CC2)c1. The normalized spacial score (nSPS) is 14.1. The van der Waals surface area contributed by atoms with Crippen LogP contribution in [0, 0.1) is 6.92 Å². The van der Waals surface area contributed by atoms with Gasteiger partial charge >= 0.3 is 0 Å². The minimum atomic E-state index is -0.227. The minimum absolute atomic E-state index is 0.0810. The Kier molecular flexibility index (Phi) is 3.97. The maximum atomic E-state index is 11.5. The monoisotopic (exact) mass is 246 g/mol. The van der Waals surface area contributed by atoms with Crippen molar-refractivity contribution in [3.8, 4) is 0 Å². The highest BCUT2D eigenvalue weighted by Gasteiger charge is 2.23. The van der Waals surface area contributed by atoms with Gasteiger partial charge in [0.25, 0.3) is 0 Å². The van der Waals surface area contributed by atoms with Crippen LogP contribution in [0.1, 0.15) is 30.4 Å². The zero-order valence-corrected chi connectivity index (χ0v) is 10.5. The molecular formula is C14H18N2O2. The molecule has 1 aromatic carbocycles. The van der Waals surface area contributed by atoms with Crippen molar-refractivity contribution < 1.29 is 9.59 Å². The molecule has 0 unspecified atom stereocenters. The van der Waals surface area contributed by atoms with Crippen molar-refractivity contribution in [1.82, 2.24) is 10.6 Å². The molecule has 0 radical (unpaired) electrons. The van der Waals surface area contributed by atoms with Gasteiger partial charge in [0, 0.05) is 12.6 Å². The largest absolute Gasteiger partial charge is 0.353 e. The molecule has 18 heavy (non-hydrogen) atoms. The van der Waals surface area contributed by atoms with Gasteiger partial charge in [0.15, 0.2) is 0 Å². The van der Waals surface area contributed by atoms with Gasteiger partial charge in [-0.25, -0.2) is 0 Å². The van der Waals surface area contributed by atoms with Gasteiger partial charge in [-0.3, -0.25) is 9.59 Å². The van der Waals surface area contributed by atoms with Gasteiger partial charge in [-0.05, 0) is 25.3 Å². The van der Waals surface area contributed by atoms with E-state index in [0.29, 0.717) is 12.6 Å². The number of hydrogen-bond donors (Lipinski definition) is 2. The first kappa shape index (κ1) is 12.6. The predicted molar refractivity (Wildman–Crippen MR) is 68.8 cm³/mol. The van der Waals surface area contributed by atoms with E-state index in [0.717, 1.165) is 24.0 Å². The highest BCUT2D eigenvalue weighted by molar-refractivity contribution is 5.97. The molecule has 0 spiro atoms. The van der Waals surface area contributed by atoms with Gasteiger partial charge in [-0.15, -0.1) is 0 Å². The number of carbonyl (C=O) groups excluding carboxylic acids is 2. The van der Waals surface area contributed by atoms with Crippen LogP contribution in [0.3, 0.4) is 0 Å². The van der Waals surface area contributed by atoms with Gasteiger partial charge in [0.05, 0.1) is 0 Å². The van der Waals surface area contributed by atoms with Crippen molar-refractivity contribution in [1.29, 1.82) is 0 Å². The summed E-state index contributed by atoms with van der Waals surface area (Å²) in [5.41, 5.74) is 2.21. The second kappa shape index (κ2) is 5.67. The van der Waals surface area contributed by atoms with Gasteiger partial charge in [-0.1, -0.05) is 29.8 Å². The smallest absolute Gasteiger partial charge is 0.229 e. The molecule has 4 nitrogen and oxygen atoms in total. The lowest BCUT2D eigenvalue weighted by molar-refractivity contribution is -0.129. The van der Waals surface area contributed by atoms with Crippen LogP contribution in [-0.4, -0.2) is 17.9 Å². The number of hydrogen-bond acceptors (Lipinski definition) is 2. The summed E-state index contributed by atoms with van der Waals surface area (Å²) >= 11 is 0. The van der Waals surface area contributed by atoms with Crippen molar-refractivity contribution in [2.45, 2.75) is 38.8 Å². The Hall–Kier alpha value is -1.84. The number of rotatable bonds is 5. The van der Waals surface area contributed by atoms with Crippen molar-refractivity contribution in [2.75, 3.05) is 0 Å². The first-order valence-electron chi connectivity index (χ1n) is 6.25. The summed E-state index contributed by atoms with van der Waals surface area (Å²) in [6.45, 7) is 2.48. The first-order valence-corrected chi connectivity index (χ1v) is 6.25. The summed E-state index contributed by atoms with van der Waals surface area (Å²) in [5, 5.41) is 5.54. The molecule has 0 aromatic heterocycles. The Morgan fingerprint density at radius 1 is 1.28 bits per heavy atom. The molecular weight excluding hydrogens is 228 g/mol. The highest BCUT2D eigenvalue weighted by Crippen LogP contribution is 2.18. The lowest BCUT2D eigenvalue weighted by Gasteiger charge is -2.06. The summed E-state index contributed by atoms with van der Waals surface area (Å²) in [7, 11) is 0. The van der Waals surface area contributed by atoms with E-state index in [-0.39, 0.29) is 18.2 Å². The second-order valence-electron chi connectivity index (χ2n) is 4.78. The Labute approximate surface area is 107 Å². The van der Waals surface area contributed by atoms with Crippen LogP contribution in [-0.2, 0) is 16.1 Å². The van der Waals surface area contributed by atoms with E-state index < -0.39 is 0 Å². The Morgan fingerprint density at radius 3 is 2.72 bits per heavy atom. The summed E-state index contributed by atoms with van der Waals surface area (Å²) in [5.74, 6) is -0.408. The van der Waals surface area contributed by atoms with Crippen LogP contribution in [0.2, 0.25) is 0 Å². The standard InChI is InChI=1S/C14H18N2O2/c1-10-3-2-4-11(7-10)9-15-13(17)8-14(18)16-12-5-6-12/h2-4,7,12H,5-6,8-9H2,1H3,(H,15,17)(H,16,18). The third-order valence-corrected chi connectivity index (χ3v) is 2.84. The molecule has 96 valence electrons. The van der Waals surface area contributed by atoms with Gasteiger partial charge in [-0.2, -0.15) is 0 Å². The molecule has 4 heteroatoms. The molecule has 0 aliphatic heterocycles. The second-order valence-corrected chi connectivity index (χ2v) is 4.78. The quantitative estimate of drug-likeness (QED) is 0.769. The molecule has 1 saturated carbocycles. The summed E-state index contributed by atoms with van der Waals surface area (Å²) in [6.07, 6.45) is 2.00. The molecule has 1 fully saturated rings. The fraction of sp³-hybridized carbons (Fsp3) is 0.429. The minimum Gasteiger partial charge on any atom is -0.353 e. The van der Waals surface area contributed by atoms with Crippen molar-refractivity contribution in [3.63, 3.8) is 0 Å². The Bertz CT molecular complexity index is 453. The topological polar surface area (TPSA) is 58.2 Å². The molecule has 2 N–H and O–H groups in total. The fourth-order valence-electron chi connectivity index (χ4n) is 1.74. The number of aryl methyl sites for hydroxylation is 1. The average Bonchev–Trinajstić information content (AvgIpc) is 3.10. The van der Waals surface area contributed by atoms with E-state index in [1.54, 1.807) is 0 Å². The Morgan fingerprint density at radius 2 is 2.06 bits per heavy atom. The van der Waals surface area contributed by atoms with E-state index >= 15 is 0 Å². The summed E-state index contributed by atoms with van der Waals surface area (Å²) in [6, 6.07) is 8.25. The molecule has 0 heterocycles. The van der Waals surface area contributed by atoms with Crippen molar-refractivity contribution in [2.24, 2.45) is 0 Å². The van der Waals surface area contributed by atoms with E-state index in [1.165, 1.54) is 0 Å². The predicted octanol–water partition coefficient (Wildman–Crippen LogP) is 1.28. The van der Waals surface area contributed by atoms with E-state index in [9.17, 15) is 9.59 Å². The maximum Gasteiger partial charge on any atom is 0.229 e. The number of carbonyl (C=O) groups is 2. The fourth-order valence-corrected chi connectivity index (χ4v) is 1.74. The number of benzene rings is 1. The van der Waals surface area contributed by atoms with Crippen molar-refractivity contribution in [3.05, 3.63) is 35.4 Å². The molecule has 1 aliphatic rings. The summed E-state index contributed by atoms with van der Waals surface area (Å²) < 4.78 is 0. The van der Waals surface area contributed by atoms with Gasteiger partial charge in [0.1, 0.15) is 6.42 Å². The average molecular weight is 246 g/mol. The first-order chi connectivity index (χ1) is 8.63. The van der Waals surface area contributed by atoms with Crippen LogP contribution >= 0.6 is 0 Å². The molecule has 0 atom stereocenters. The van der Waals surface area contributed by atoms with Crippen LogP contribution in [0.4, 0.5) is 0 Å². The molecule has 2 amide bonds. The van der Waals surface area contributed by atoms with Crippen LogP contribution < -0.4 is 10.6 Å². The maximum absolute atomic E-state index is 11.5. The number of amides is 2. The Balaban J connectivity index is 1.72. The van der Waals surface area contributed by atoms with E-state index in [4.69, 9.17) is 0 Å². The molecule has 0 saturated heterocycles. The van der Waals surface area contributed by atoms with Gasteiger partial charge in [0.2, 0.25) is 11.8 Å². The lowest BCUT2D eigenvalue weighted by atomic mass is 10.1. The van der Waals surface area contributed by atoms with Crippen LogP contribution in [0.5, 0.6) is 0 Å². The van der Waals surface area contributed by atoms with Gasteiger partial charge < -0.3 is 10.6 Å². The molecule has 1 aliphatic carbocycles. The lowest BCUT2D eigenvalue weighted by Crippen LogP contribution is -2.32. The molecule has 1 aromatic rings. The van der Waals surface area contributed by atoms with Crippen LogP contribution in [0.15, 0.2) is 24.3 Å². The highest BCUT2D eigenvalue weighted by atomic mass is 16.2. The van der Waals surface area contributed by atoms with Crippen molar-refractivity contribution >= 4 is 11.8 Å². The third kappa shape index (κ3) is 4.20. The van der Waals surface area contributed by atoms with Crippen LogP contribution in [0.25, 0.3) is 0 Å².